The molecule has 10 nitrogen and oxygen atoms in total. The van der Waals surface area contributed by atoms with Crippen LogP contribution in [0.4, 0.5) is 10.2 Å². The topological polar surface area (TPSA) is 126 Å². The van der Waals surface area contributed by atoms with E-state index in [9.17, 15) is 23.1 Å². The summed E-state index contributed by atoms with van der Waals surface area (Å²) in [5.41, 5.74) is -0.737. The number of para-hydroxylation sites is 1. The number of benzene rings is 2. The maximum Gasteiger partial charge on any atom is 0.355 e. The number of carbonyl (C=O) groups is 1. The minimum atomic E-state index is -3.85. The molecule has 0 aliphatic carbocycles. The molecule has 0 radical (unpaired) electrons. The molecule has 1 fully saturated rings. The molecule has 1 aliphatic heterocycles. The number of halogens is 2. The molecule has 0 unspecified atom stereocenters. The lowest BCUT2D eigenvalue weighted by molar-refractivity contribution is -0.126. The fourth-order valence-corrected chi connectivity index (χ4v) is 6.61. The van der Waals surface area contributed by atoms with E-state index in [-0.39, 0.29) is 68.0 Å². The summed E-state index contributed by atoms with van der Waals surface area (Å²) in [7, 11) is -3.85. The molecule has 1 aliphatic rings. The fourth-order valence-electron chi connectivity index (χ4n) is 5.46. The summed E-state index contributed by atoms with van der Waals surface area (Å²) in [5.74, 6) is -1.28. The van der Waals surface area contributed by atoms with Crippen molar-refractivity contribution in [1.82, 2.24) is 19.4 Å². The molecule has 13 heteroatoms. The van der Waals surface area contributed by atoms with Crippen LogP contribution < -0.4 is 10.6 Å². The number of phenols is 1. The smallest absolute Gasteiger partial charge is 0.355 e. The fraction of sp³-hybridized carbons (Fsp3) is 0.267. The first kappa shape index (κ1) is 30.2. The first-order chi connectivity index (χ1) is 20.4. The van der Waals surface area contributed by atoms with Crippen LogP contribution >= 0.6 is 11.6 Å². The SMILES string of the molecule is C=CC(=O)N1CCN(c2nc(=O)n(-c3c(CC)cccc3S(C)(=O)=O)c3nc(-c4c(O)cccc4Cl)c(F)cc23)[C@@H](C)C1. The van der Waals surface area contributed by atoms with E-state index in [4.69, 9.17) is 11.6 Å². The summed E-state index contributed by atoms with van der Waals surface area (Å²) in [6, 6.07) is 9.78. The highest BCUT2D eigenvalue weighted by Crippen LogP contribution is 2.39. The zero-order valence-corrected chi connectivity index (χ0v) is 25.3. The lowest BCUT2D eigenvalue weighted by Gasteiger charge is -2.40. The Morgan fingerprint density at radius 1 is 1.21 bits per heavy atom. The number of rotatable bonds is 6. The number of hydrogen-bond acceptors (Lipinski definition) is 8. The van der Waals surface area contributed by atoms with Crippen molar-refractivity contribution in [2.45, 2.75) is 31.2 Å². The number of pyridine rings is 1. The van der Waals surface area contributed by atoms with Gasteiger partial charge in [0.1, 0.15) is 17.3 Å². The van der Waals surface area contributed by atoms with Gasteiger partial charge in [-0.15, -0.1) is 0 Å². The van der Waals surface area contributed by atoms with Gasteiger partial charge in [0.05, 0.1) is 26.6 Å². The predicted molar refractivity (Wildman–Crippen MR) is 163 cm³/mol. The first-order valence-corrected chi connectivity index (χ1v) is 15.8. The Balaban J connectivity index is 1.88. The molecule has 43 heavy (non-hydrogen) atoms. The minimum absolute atomic E-state index is 0.0244. The molecule has 5 rings (SSSR count). The van der Waals surface area contributed by atoms with Crippen molar-refractivity contribution in [3.05, 3.63) is 82.0 Å². The molecule has 224 valence electrons. The van der Waals surface area contributed by atoms with E-state index in [0.717, 1.165) is 16.9 Å². The van der Waals surface area contributed by atoms with Gasteiger partial charge in [-0.3, -0.25) is 4.79 Å². The van der Waals surface area contributed by atoms with E-state index >= 15 is 4.39 Å². The maximum absolute atomic E-state index is 15.9. The van der Waals surface area contributed by atoms with Gasteiger partial charge in [0.15, 0.2) is 21.3 Å². The molecule has 2 aromatic heterocycles. The maximum atomic E-state index is 15.9. The number of aromatic hydroxyl groups is 1. The molecular formula is C30H29ClFN5O5S. The molecule has 1 N–H and O–H groups in total. The van der Waals surface area contributed by atoms with E-state index in [0.29, 0.717) is 25.1 Å². The van der Waals surface area contributed by atoms with Crippen LogP contribution in [-0.4, -0.2) is 70.8 Å². The number of nitrogens with zero attached hydrogens (tertiary/aromatic N) is 5. The summed E-state index contributed by atoms with van der Waals surface area (Å²) in [6.45, 7) is 8.08. The van der Waals surface area contributed by atoms with Gasteiger partial charge in [0.25, 0.3) is 0 Å². The predicted octanol–water partition coefficient (Wildman–Crippen LogP) is 4.13. The van der Waals surface area contributed by atoms with Crippen LogP contribution in [0.2, 0.25) is 5.02 Å². The third-order valence-corrected chi connectivity index (χ3v) is 8.95. The molecule has 0 spiro atoms. The molecule has 4 aromatic rings. The number of carbonyl (C=O) groups excluding carboxylic acids is 1. The van der Waals surface area contributed by atoms with Crippen LogP contribution in [0.5, 0.6) is 5.75 Å². The molecule has 0 bridgehead atoms. The van der Waals surface area contributed by atoms with Crippen molar-refractivity contribution in [3.8, 4) is 22.7 Å². The van der Waals surface area contributed by atoms with E-state index in [2.05, 4.69) is 16.5 Å². The van der Waals surface area contributed by atoms with Gasteiger partial charge in [-0.25, -0.2) is 27.2 Å². The van der Waals surface area contributed by atoms with Gasteiger partial charge < -0.3 is 14.9 Å². The van der Waals surface area contributed by atoms with E-state index in [1.165, 1.54) is 30.3 Å². The summed E-state index contributed by atoms with van der Waals surface area (Å²) >= 11 is 6.36. The number of sulfone groups is 1. The van der Waals surface area contributed by atoms with Gasteiger partial charge in [-0.2, -0.15) is 4.98 Å². The van der Waals surface area contributed by atoms with E-state index < -0.39 is 21.3 Å². The summed E-state index contributed by atoms with van der Waals surface area (Å²) in [6.07, 6.45) is 2.63. The quantitative estimate of drug-likeness (QED) is 0.317. The normalized spacial score (nSPS) is 15.6. The molecule has 1 amide bonds. The average Bonchev–Trinajstić information content (AvgIpc) is 2.96. The van der Waals surface area contributed by atoms with Crippen molar-refractivity contribution in [2.75, 3.05) is 30.8 Å². The van der Waals surface area contributed by atoms with Crippen molar-refractivity contribution >= 4 is 44.2 Å². The molecule has 2 aromatic carbocycles. The third kappa shape index (κ3) is 5.36. The number of hydrogen-bond donors (Lipinski definition) is 1. The van der Waals surface area contributed by atoms with Gasteiger partial charge in [0, 0.05) is 31.9 Å². The van der Waals surface area contributed by atoms with Gasteiger partial charge >= 0.3 is 5.69 Å². The van der Waals surface area contributed by atoms with Gasteiger partial charge in [-0.1, -0.05) is 43.3 Å². The van der Waals surface area contributed by atoms with Crippen LogP contribution in [0, 0.1) is 5.82 Å². The van der Waals surface area contributed by atoms with Crippen molar-refractivity contribution in [1.29, 1.82) is 0 Å². The molecule has 3 heterocycles. The van der Waals surface area contributed by atoms with Crippen LogP contribution in [0.1, 0.15) is 19.4 Å². The third-order valence-electron chi connectivity index (χ3n) is 7.50. The number of fused-ring (bicyclic) bond motifs is 1. The highest BCUT2D eigenvalue weighted by Gasteiger charge is 2.31. The molecule has 1 atom stereocenters. The Kier molecular flexibility index (Phi) is 8.01. The Morgan fingerprint density at radius 2 is 1.93 bits per heavy atom. The number of aromatic nitrogens is 3. The highest BCUT2D eigenvalue weighted by atomic mass is 35.5. The monoisotopic (exact) mass is 625 g/mol. The number of phenolic OH excluding ortho intramolecular Hbond substituents is 1. The Morgan fingerprint density at radius 3 is 2.56 bits per heavy atom. The average molecular weight is 626 g/mol. The van der Waals surface area contributed by atoms with Crippen molar-refractivity contribution < 1.29 is 22.7 Å². The summed E-state index contributed by atoms with van der Waals surface area (Å²) in [4.78, 5) is 38.4. The second-order valence-corrected chi connectivity index (χ2v) is 12.7. The van der Waals surface area contributed by atoms with Crippen LogP contribution in [-0.2, 0) is 21.1 Å². The Hall–Kier alpha value is -4.29. The Bertz CT molecular complexity index is 1940. The Labute approximate surface area is 252 Å². The number of piperazine rings is 1. The van der Waals surface area contributed by atoms with E-state index in [1.807, 2.05) is 13.8 Å². The lowest BCUT2D eigenvalue weighted by Crippen LogP contribution is -2.54. The minimum Gasteiger partial charge on any atom is -0.507 e. The number of amides is 1. The number of anilines is 1. The zero-order chi connectivity index (χ0) is 31.2. The van der Waals surface area contributed by atoms with Crippen molar-refractivity contribution in [2.24, 2.45) is 0 Å². The molecule has 1 saturated heterocycles. The van der Waals surface area contributed by atoms with Gasteiger partial charge in [0.2, 0.25) is 5.91 Å². The summed E-state index contributed by atoms with van der Waals surface area (Å²) in [5, 5.41) is 10.8. The highest BCUT2D eigenvalue weighted by molar-refractivity contribution is 7.90. The van der Waals surface area contributed by atoms with E-state index in [1.54, 1.807) is 21.9 Å². The second kappa shape index (κ2) is 11.4. The summed E-state index contributed by atoms with van der Waals surface area (Å²) < 4.78 is 42.9. The van der Waals surface area contributed by atoms with Crippen LogP contribution in [0.15, 0.2) is 64.8 Å². The van der Waals surface area contributed by atoms with Crippen LogP contribution in [0.3, 0.4) is 0 Å². The first-order valence-electron chi connectivity index (χ1n) is 13.5. The molecule has 0 saturated carbocycles. The lowest BCUT2D eigenvalue weighted by atomic mass is 10.1. The van der Waals surface area contributed by atoms with Crippen LogP contribution in [0.25, 0.3) is 28.0 Å². The number of aryl methyl sites for hydroxylation is 1. The van der Waals surface area contributed by atoms with Crippen molar-refractivity contribution in [3.63, 3.8) is 0 Å². The largest absolute Gasteiger partial charge is 0.507 e. The zero-order valence-electron chi connectivity index (χ0n) is 23.7. The molecular weight excluding hydrogens is 597 g/mol. The standard InChI is InChI=1S/C30H29ClFN5O5S/c1-5-18-9-7-12-23(43(4,41)42)27(18)37-29-19(15-21(32)26(33-29)25-20(31)10-8-11-22(25)38)28(34-30(37)40)36-14-13-35(16-17(36)3)24(39)6-2/h6-12,15,17,38H,2,5,13-14,16H2,1,3-4H3/t17-/m0/s1. The second-order valence-electron chi connectivity index (χ2n) is 10.3. The van der Waals surface area contributed by atoms with Gasteiger partial charge in [-0.05, 0) is 49.2 Å².